The quantitative estimate of drug-likeness (QED) is 0.685. The van der Waals surface area contributed by atoms with Gasteiger partial charge in [0.2, 0.25) is 0 Å². The number of carbonyl (C=O) groups excluding carboxylic acids is 1. The van der Waals surface area contributed by atoms with Gasteiger partial charge in [0.25, 0.3) is 0 Å². The number of Topliss-reactive ketones (excluding diaryl/α,β-unsaturated/α-hetero) is 1. The summed E-state index contributed by atoms with van der Waals surface area (Å²) in [6.45, 7) is 1.48. The SMILES string of the molecule is Cc1ccc(C(=O)C2CCC2)c(F)c1F. The molecule has 0 saturated heterocycles. The number of halogens is 2. The van der Waals surface area contributed by atoms with Gasteiger partial charge in [-0.2, -0.15) is 0 Å². The zero-order valence-corrected chi connectivity index (χ0v) is 8.52. The zero-order chi connectivity index (χ0) is 11.0. The first kappa shape index (κ1) is 10.3. The van der Waals surface area contributed by atoms with Crippen molar-refractivity contribution in [2.45, 2.75) is 26.2 Å². The summed E-state index contributed by atoms with van der Waals surface area (Å²) >= 11 is 0. The van der Waals surface area contributed by atoms with Crippen molar-refractivity contribution in [2.75, 3.05) is 0 Å². The van der Waals surface area contributed by atoms with Crippen molar-refractivity contribution in [3.05, 3.63) is 34.9 Å². The van der Waals surface area contributed by atoms with Crippen LogP contribution in [0.25, 0.3) is 0 Å². The molecule has 1 aliphatic carbocycles. The molecule has 0 amide bonds. The lowest BCUT2D eigenvalue weighted by atomic mass is 9.80. The van der Waals surface area contributed by atoms with Crippen molar-refractivity contribution in [1.82, 2.24) is 0 Å². The van der Waals surface area contributed by atoms with Crippen molar-refractivity contribution >= 4 is 5.78 Å². The normalized spacial score (nSPS) is 16.2. The molecule has 0 heterocycles. The van der Waals surface area contributed by atoms with E-state index in [4.69, 9.17) is 0 Å². The Morgan fingerprint density at radius 2 is 1.93 bits per heavy atom. The van der Waals surface area contributed by atoms with Crippen LogP contribution < -0.4 is 0 Å². The molecule has 0 radical (unpaired) electrons. The molecule has 1 aliphatic rings. The Labute approximate surface area is 87.1 Å². The highest BCUT2D eigenvalue weighted by atomic mass is 19.2. The van der Waals surface area contributed by atoms with Gasteiger partial charge in [0.05, 0.1) is 5.56 Å². The first-order valence-electron chi connectivity index (χ1n) is 5.10. The van der Waals surface area contributed by atoms with E-state index in [1.54, 1.807) is 0 Å². The van der Waals surface area contributed by atoms with Gasteiger partial charge >= 0.3 is 0 Å². The number of hydrogen-bond donors (Lipinski definition) is 0. The Kier molecular flexibility index (Phi) is 2.55. The average molecular weight is 210 g/mol. The Morgan fingerprint density at radius 3 is 2.47 bits per heavy atom. The van der Waals surface area contributed by atoms with E-state index in [1.807, 2.05) is 0 Å². The van der Waals surface area contributed by atoms with Crippen LogP contribution >= 0.6 is 0 Å². The Hall–Kier alpha value is -1.25. The summed E-state index contributed by atoms with van der Waals surface area (Å²) < 4.78 is 26.6. The second-order valence-corrected chi connectivity index (χ2v) is 4.05. The molecule has 0 unspecified atom stereocenters. The van der Waals surface area contributed by atoms with Gasteiger partial charge in [-0.15, -0.1) is 0 Å². The maximum absolute atomic E-state index is 13.4. The summed E-state index contributed by atoms with van der Waals surface area (Å²) in [5.41, 5.74) is 0.139. The summed E-state index contributed by atoms with van der Waals surface area (Å²) in [5.74, 6) is -2.24. The number of benzene rings is 1. The molecule has 0 N–H and O–H groups in total. The van der Waals surface area contributed by atoms with Gasteiger partial charge in [0.1, 0.15) is 0 Å². The van der Waals surface area contributed by atoms with Crippen LogP contribution in [0.5, 0.6) is 0 Å². The minimum atomic E-state index is -0.994. The minimum Gasteiger partial charge on any atom is -0.294 e. The molecule has 80 valence electrons. The Bertz CT molecular complexity index is 408. The molecule has 3 heteroatoms. The molecule has 0 aromatic heterocycles. The van der Waals surface area contributed by atoms with E-state index >= 15 is 0 Å². The van der Waals surface area contributed by atoms with Crippen molar-refractivity contribution in [1.29, 1.82) is 0 Å². The lowest BCUT2D eigenvalue weighted by Crippen LogP contribution is -2.23. The van der Waals surface area contributed by atoms with Gasteiger partial charge in [-0.05, 0) is 31.4 Å². The average Bonchev–Trinajstić information content (AvgIpc) is 2.11. The van der Waals surface area contributed by atoms with Crippen LogP contribution in [0, 0.1) is 24.5 Å². The molecule has 1 aromatic rings. The predicted octanol–water partition coefficient (Wildman–Crippen LogP) is 3.26. The van der Waals surface area contributed by atoms with E-state index in [0.29, 0.717) is 0 Å². The van der Waals surface area contributed by atoms with Crippen molar-refractivity contribution in [3.8, 4) is 0 Å². The summed E-state index contributed by atoms with van der Waals surface area (Å²) in [6.07, 6.45) is 2.61. The topological polar surface area (TPSA) is 17.1 Å². The maximum atomic E-state index is 13.4. The Balaban J connectivity index is 2.35. The fraction of sp³-hybridized carbons (Fsp3) is 0.417. The predicted molar refractivity (Wildman–Crippen MR) is 52.8 cm³/mol. The molecule has 1 fully saturated rings. The van der Waals surface area contributed by atoms with Gasteiger partial charge in [-0.3, -0.25) is 4.79 Å². The van der Waals surface area contributed by atoms with Crippen LogP contribution in [0.1, 0.15) is 35.2 Å². The molecule has 1 saturated carbocycles. The van der Waals surface area contributed by atoms with E-state index in [0.717, 1.165) is 19.3 Å². The van der Waals surface area contributed by atoms with Gasteiger partial charge in [0.15, 0.2) is 17.4 Å². The first-order chi connectivity index (χ1) is 7.11. The van der Waals surface area contributed by atoms with Crippen molar-refractivity contribution in [2.24, 2.45) is 5.92 Å². The standard InChI is InChI=1S/C12H12F2O/c1-7-5-6-9(11(14)10(7)13)12(15)8-3-2-4-8/h5-6,8H,2-4H2,1H3. The molecule has 0 spiro atoms. The summed E-state index contributed by atoms with van der Waals surface area (Å²) in [5, 5.41) is 0. The van der Waals surface area contributed by atoms with Crippen LogP contribution in [-0.2, 0) is 0 Å². The van der Waals surface area contributed by atoms with E-state index in [2.05, 4.69) is 0 Å². The van der Waals surface area contributed by atoms with Gasteiger partial charge in [0, 0.05) is 5.92 Å². The summed E-state index contributed by atoms with van der Waals surface area (Å²) in [7, 11) is 0. The molecule has 1 aromatic carbocycles. The largest absolute Gasteiger partial charge is 0.294 e. The van der Waals surface area contributed by atoms with Gasteiger partial charge in [-0.1, -0.05) is 12.5 Å². The molecule has 0 aliphatic heterocycles. The number of carbonyl (C=O) groups is 1. The highest BCUT2D eigenvalue weighted by Crippen LogP contribution is 2.31. The third-order valence-corrected chi connectivity index (χ3v) is 3.02. The molecule has 2 rings (SSSR count). The lowest BCUT2D eigenvalue weighted by molar-refractivity contribution is 0.0850. The monoisotopic (exact) mass is 210 g/mol. The number of ketones is 1. The van der Waals surface area contributed by atoms with E-state index in [-0.39, 0.29) is 22.8 Å². The lowest BCUT2D eigenvalue weighted by Gasteiger charge is -2.24. The van der Waals surface area contributed by atoms with Crippen LogP contribution in [0.3, 0.4) is 0 Å². The van der Waals surface area contributed by atoms with Crippen LogP contribution in [0.2, 0.25) is 0 Å². The number of aryl methyl sites for hydroxylation is 1. The van der Waals surface area contributed by atoms with Crippen molar-refractivity contribution in [3.63, 3.8) is 0 Å². The summed E-state index contributed by atoms with van der Waals surface area (Å²) in [4.78, 5) is 11.7. The highest BCUT2D eigenvalue weighted by molar-refractivity contribution is 5.98. The highest BCUT2D eigenvalue weighted by Gasteiger charge is 2.29. The van der Waals surface area contributed by atoms with E-state index in [9.17, 15) is 13.6 Å². The van der Waals surface area contributed by atoms with E-state index in [1.165, 1.54) is 19.1 Å². The van der Waals surface area contributed by atoms with Gasteiger partial charge < -0.3 is 0 Å². The third-order valence-electron chi connectivity index (χ3n) is 3.02. The second kappa shape index (κ2) is 3.72. The minimum absolute atomic E-state index is 0.0946. The molecule has 15 heavy (non-hydrogen) atoms. The summed E-state index contributed by atoms with van der Waals surface area (Å²) in [6, 6.07) is 2.83. The van der Waals surface area contributed by atoms with Crippen molar-refractivity contribution < 1.29 is 13.6 Å². The smallest absolute Gasteiger partial charge is 0.169 e. The van der Waals surface area contributed by atoms with Crippen LogP contribution in [0.4, 0.5) is 8.78 Å². The fourth-order valence-electron chi connectivity index (χ4n) is 1.73. The second-order valence-electron chi connectivity index (χ2n) is 4.05. The fourth-order valence-corrected chi connectivity index (χ4v) is 1.73. The molecular weight excluding hydrogens is 198 g/mol. The Morgan fingerprint density at radius 1 is 1.27 bits per heavy atom. The molecule has 1 nitrogen and oxygen atoms in total. The maximum Gasteiger partial charge on any atom is 0.169 e. The molecule has 0 atom stereocenters. The number of hydrogen-bond acceptors (Lipinski definition) is 1. The number of rotatable bonds is 2. The van der Waals surface area contributed by atoms with Gasteiger partial charge in [-0.25, -0.2) is 8.78 Å². The molecule has 0 bridgehead atoms. The van der Waals surface area contributed by atoms with Crippen LogP contribution in [-0.4, -0.2) is 5.78 Å². The van der Waals surface area contributed by atoms with E-state index < -0.39 is 11.6 Å². The van der Waals surface area contributed by atoms with Crippen LogP contribution in [0.15, 0.2) is 12.1 Å². The zero-order valence-electron chi connectivity index (χ0n) is 8.52. The third kappa shape index (κ3) is 1.66. The first-order valence-corrected chi connectivity index (χ1v) is 5.10. The molecular formula is C12H12F2O.